The molecule has 0 aliphatic carbocycles. The maximum atomic E-state index is 12.9. The van der Waals surface area contributed by atoms with Crippen LogP contribution in [0.15, 0.2) is 73.1 Å². The summed E-state index contributed by atoms with van der Waals surface area (Å²) in [5, 5.41) is 3.13. The fourth-order valence-corrected chi connectivity index (χ4v) is 4.08. The Morgan fingerprint density at radius 1 is 0.844 bits per heavy atom. The molecule has 4 rings (SSSR count). The first kappa shape index (κ1) is 21.9. The number of benzene rings is 2. The number of nitrogens with one attached hydrogen (secondary N) is 1. The van der Waals surface area contributed by atoms with E-state index in [4.69, 9.17) is 0 Å². The number of hydrogen-bond acceptors (Lipinski definition) is 2. The molecule has 5 nitrogen and oxygen atoms in total. The molecule has 2 heterocycles. The van der Waals surface area contributed by atoms with Crippen LogP contribution in [0.3, 0.4) is 0 Å². The van der Waals surface area contributed by atoms with Gasteiger partial charge in [0.05, 0.1) is 0 Å². The summed E-state index contributed by atoms with van der Waals surface area (Å²) in [5.41, 5.74) is 3.69. The second kappa shape index (κ2) is 9.03. The van der Waals surface area contributed by atoms with E-state index in [1.807, 2.05) is 82.5 Å². The summed E-state index contributed by atoms with van der Waals surface area (Å²) in [6, 6.07) is 19.6. The van der Waals surface area contributed by atoms with Gasteiger partial charge in [0.1, 0.15) is 0 Å². The van der Waals surface area contributed by atoms with Crippen molar-refractivity contribution in [1.82, 2.24) is 14.8 Å². The SMILES string of the molecule is CC(C)(C)c1ccc(C(=O)N2CCC(NC(=O)c3ccc(-n4cccc4)cc3)CC2)cc1. The Balaban J connectivity index is 1.30. The van der Waals surface area contributed by atoms with Gasteiger partial charge in [-0.05, 0) is 72.4 Å². The van der Waals surface area contributed by atoms with Crippen LogP contribution >= 0.6 is 0 Å². The van der Waals surface area contributed by atoms with Crippen LogP contribution in [0.1, 0.15) is 59.9 Å². The van der Waals surface area contributed by atoms with Crippen LogP contribution in [0.5, 0.6) is 0 Å². The van der Waals surface area contributed by atoms with Crippen LogP contribution in [-0.4, -0.2) is 40.4 Å². The highest BCUT2D eigenvalue weighted by atomic mass is 16.2. The van der Waals surface area contributed by atoms with Crippen LogP contribution in [0.4, 0.5) is 0 Å². The molecule has 32 heavy (non-hydrogen) atoms. The highest BCUT2D eigenvalue weighted by Gasteiger charge is 2.25. The van der Waals surface area contributed by atoms with Crippen molar-refractivity contribution >= 4 is 11.8 Å². The Kier molecular flexibility index (Phi) is 6.17. The number of carbonyl (C=O) groups excluding carboxylic acids is 2. The average Bonchev–Trinajstić information content (AvgIpc) is 3.34. The molecule has 1 aliphatic rings. The monoisotopic (exact) mass is 429 g/mol. The number of hydrogen-bond donors (Lipinski definition) is 1. The zero-order valence-electron chi connectivity index (χ0n) is 19.0. The van der Waals surface area contributed by atoms with Gasteiger partial charge in [0, 0.05) is 48.3 Å². The van der Waals surface area contributed by atoms with E-state index in [9.17, 15) is 9.59 Å². The summed E-state index contributed by atoms with van der Waals surface area (Å²) in [7, 11) is 0. The van der Waals surface area contributed by atoms with E-state index in [0.29, 0.717) is 18.7 Å². The number of aromatic nitrogens is 1. The topological polar surface area (TPSA) is 54.3 Å². The molecule has 1 N–H and O–H groups in total. The summed E-state index contributed by atoms with van der Waals surface area (Å²) in [5.74, 6) is 0.00226. The van der Waals surface area contributed by atoms with Gasteiger partial charge < -0.3 is 14.8 Å². The molecule has 1 saturated heterocycles. The number of nitrogens with zero attached hydrogens (tertiary/aromatic N) is 2. The maximum Gasteiger partial charge on any atom is 0.253 e. The quantitative estimate of drug-likeness (QED) is 0.647. The van der Waals surface area contributed by atoms with Crippen molar-refractivity contribution in [3.8, 4) is 5.69 Å². The van der Waals surface area contributed by atoms with Gasteiger partial charge >= 0.3 is 0 Å². The number of rotatable bonds is 4. The molecule has 0 bridgehead atoms. The largest absolute Gasteiger partial charge is 0.349 e. The Morgan fingerprint density at radius 3 is 1.97 bits per heavy atom. The summed E-state index contributed by atoms with van der Waals surface area (Å²) < 4.78 is 2.01. The van der Waals surface area contributed by atoms with E-state index in [2.05, 4.69) is 26.1 Å². The predicted octanol–water partition coefficient (Wildman–Crippen LogP) is 4.81. The van der Waals surface area contributed by atoms with E-state index in [1.165, 1.54) is 5.56 Å². The van der Waals surface area contributed by atoms with Crippen LogP contribution < -0.4 is 5.32 Å². The first-order valence-electron chi connectivity index (χ1n) is 11.3. The molecular weight excluding hydrogens is 398 g/mol. The van der Waals surface area contributed by atoms with E-state index in [-0.39, 0.29) is 23.3 Å². The number of likely N-dealkylation sites (tertiary alicyclic amines) is 1. The van der Waals surface area contributed by atoms with E-state index in [1.54, 1.807) is 0 Å². The molecule has 0 saturated carbocycles. The number of carbonyl (C=O) groups is 2. The van der Waals surface area contributed by atoms with Crippen molar-refractivity contribution in [3.63, 3.8) is 0 Å². The smallest absolute Gasteiger partial charge is 0.253 e. The van der Waals surface area contributed by atoms with Gasteiger partial charge in [0.15, 0.2) is 0 Å². The highest BCUT2D eigenvalue weighted by Crippen LogP contribution is 2.23. The lowest BCUT2D eigenvalue weighted by molar-refractivity contribution is 0.0698. The third-order valence-corrected chi connectivity index (χ3v) is 6.15. The molecule has 2 aromatic carbocycles. The molecule has 0 spiro atoms. The van der Waals surface area contributed by atoms with Crippen molar-refractivity contribution < 1.29 is 9.59 Å². The van der Waals surface area contributed by atoms with Crippen molar-refractivity contribution in [2.45, 2.75) is 45.1 Å². The molecule has 3 aromatic rings. The molecule has 1 aliphatic heterocycles. The molecule has 0 radical (unpaired) electrons. The lowest BCUT2D eigenvalue weighted by atomic mass is 9.86. The minimum atomic E-state index is -0.0633. The Bertz CT molecular complexity index is 1050. The molecule has 166 valence electrons. The average molecular weight is 430 g/mol. The summed E-state index contributed by atoms with van der Waals surface area (Å²) in [6.07, 6.45) is 5.48. The van der Waals surface area contributed by atoms with Gasteiger partial charge in [0.2, 0.25) is 0 Å². The van der Waals surface area contributed by atoms with Gasteiger partial charge in [-0.3, -0.25) is 9.59 Å². The lowest BCUT2D eigenvalue weighted by Gasteiger charge is -2.32. The normalized spacial score (nSPS) is 14.9. The van der Waals surface area contributed by atoms with Crippen LogP contribution in [-0.2, 0) is 5.41 Å². The first-order valence-corrected chi connectivity index (χ1v) is 11.3. The Morgan fingerprint density at radius 2 is 1.41 bits per heavy atom. The molecule has 0 atom stereocenters. The second-order valence-corrected chi connectivity index (χ2v) is 9.50. The van der Waals surface area contributed by atoms with Gasteiger partial charge in [-0.25, -0.2) is 0 Å². The van der Waals surface area contributed by atoms with Crippen molar-refractivity contribution in [1.29, 1.82) is 0 Å². The zero-order chi connectivity index (χ0) is 22.7. The summed E-state index contributed by atoms with van der Waals surface area (Å²) in [6.45, 7) is 7.80. The van der Waals surface area contributed by atoms with Crippen LogP contribution in [0.2, 0.25) is 0 Å². The number of amides is 2. The van der Waals surface area contributed by atoms with Gasteiger partial charge in [-0.1, -0.05) is 32.9 Å². The molecule has 5 heteroatoms. The molecule has 1 fully saturated rings. The maximum absolute atomic E-state index is 12.9. The second-order valence-electron chi connectivity index (χ2n) is 9.50. The van der Waals surface area contributed by atoms with Crippen LogP contribution in [0, 0.1) is 0 Å². The van der Waals surface area contributed by atoms with Gasteiger partial charge in [-0.2, -0.15) is 0 Å². The molecule has 2 amide bonds. The third kappa shape index (κ3) is 4.93. The highest BCUT2D eigenvalue weighted by molar-refractivity contribution is 5.95. The Labute approximate surface area is 190 Å². The summed E-state index contributed by atoms with van der Waals surface area (Å²) in [4.78, 5) is 27.4. The first-order chi connectivity index (χ1) is 15.3. The predicted molar refractivity (Wildman–Crippen MR) is 127 cm³/mol. The van der Waals surface area contributed by atoms with Gasteiger partial charge in [-0.15, -0.1) is 0 Å². The van der Waals surface area contributed by atoms with Gasteiger partial charge in [0.25, 0.3) is 11.8 Å². The molecule has 0 unspecified atom stereocenters. The third-order valence-electron chi connectivity index (χ3n) is 6.15. The number of piperidine rings is 1. The van der Waals surface area contributed by atoms with Crippen LogP contribution in [0.25, 0.3) is 5.69 Å². The zero-order valence-corrected chi connectivity index (χ0v) is 19.0. The minimum absolute atomic E-state index is 0.0633. The van der Waals surface area contributed by atoms with Crippen molar-refractivity contribution in [3.05, 3.63) is 89.7 Å². The molecular formula is C27H31N3O2. The van der Waals surface area contributed by atoms with Crippen molar-refractivity contribution in [2.75, 3.05) is 13.1 Å². The lowest BCUT2D eigenvalue weighted by Crippen LogP contribution is -2.46. The fourth-order valence-electron chi connectivity index (χ4n) is 4.08. The van der Waals surface area contributed by atoms with Crippen molar-refractivity contribution in [2.24, 2.45) is 0 Å². The fraction of sp³-hybridized carbons (Fsp3) is 0.333. The summed E-state index contributed by atoms with van der Waals surface area (Å²) >= 11 is 0. The molecule has 1 aromatic heterocycles. The Hall–Kier alpha value is -3.34. The standard InChI is InChI=1S/C27H31N3O2/c1-27(2,3)22-10-6-21(7-11-22)26(32)30-18-14-23(15-19-30)28-25(31)20-8-12-24(13-9-20)29-16-4-5-17-29/h4-13,16-17,23H,14-15,18-19H2,1-3H3,(H,28,31). The van der Waals surface area contributed by atoms with E-state index >= 15 is 0 Å². The minimum Gasteiger partial charge on any atom is -0.349 e. The van der Waals surface area contributed by atoms with E-state index < -0.39 is 0 Å². The van der Waals surface area contributed by atoms with E-state index in [0.717, 1.165) is 24.1 Å².